The summed E-state index contributed by atoms with van der Waals surface area (Å²) in [6, 6.07) is 14.7. The lowest BCUT2D eigenvalue weighted by molar-refractivity contribution is -0.119. The number of thiazole rings is 1. The van der Waals surface area contributed by atoms with Gasteiger partial charge in [-0.3, -0.25) is 9.52 Å². The third kappa shape index (κ3) is 6.86. The van der Waals surface area contributed by atoms with Gasteiger partial charge in [0.05, 0.1) is 18.4 Å². The van der Waals surface area contributed by atoms with Crippen LogP contribution in [-0.2, 0) is 24.3 Å². The van der Waals surface area contributed by atoms with E-state index in [-0.39, 0.29) is 28.6 Å². The Balaban J connectivity index is 1.69. The summed E-state index contributed by atoms with van der Waals surface area (Å²) in [6.45, 7) is 1.15. The topological polar surface area (TPSA) is 141 Å². The van der Waals surface area contributed by atoms with Gasteiger partial charge in [0, 0.05) is 11.3 Å². The van der Waals surface area contributed by atoms with Gasteiger partial charge >= 0.3 is 11.9 Å². The normalized spacial score (nSPS) is 10.9. The summed E-state index contributed by atoms with van der Waals surface area (Å²) in [6.07, 6.45) is 0.982. The quantitative estimate of drug-likeness (QED) is 0.424. The van der Waals surface area contributed by atoms with Crippen LogP contribution in [0.1, 0.15) is 27.8 Å². The molecule has 0 saturated heterocycles. The number of rotatable bonds is 9. The van der Waals surface area contributed by atoms with Crippen LogP contribution in [0.25, 0.3) is 10.6 Å². The van der Waals surface area contributed by atoms with Gasteiger partial charge in [0.25, 0.3) is 5.91 Å². The number of carbonyl (C=O) groups excluding carboxylic acids is 3. The summed E-state index contributed by atoms with van der Waals surface area (Å²) < 4.78 is 35.0. The molecule has 0 aliphatic heterocycles. The maximum Gasteiger partial charge on any atom is 0.360 e. The molecule has 12 heteroatoms. The Bertz CT molecular complexity index is 1310. The Morgan fingerprint density at radius 1 is 1.00 bits per heavy atom. The van der Waals surface area contributed by atoms with Crippen LogP contribution < -0.4 is 10.0 Å². The fourth-order valence-corrected chi connectivity index (χ4v) is 4.28. The van der Waals surface area contributed by atoms with Gasteiger partial charge in [-0.1, -0.05) is 47.7 Å². The lowest BCUT2D eigenvalue weighted by atomic mass is 10.2. The van der Waals surface area contributed by atoms with Crippen molar-refractivity contribution in [1.29, 1.82) is 0 Å². The van der Waals surface area contributed by atoms with Crippen LogP contribution in [0.3, 0.4) is 0 Å². The van der Waals surface area contributed by atoms with Gasteiger partial charge < -0.3 is 14.8 Å². The first-order valence-corrected chi connectivity index (χ1v) is 12.6. The summed E-state index contributed by atoms with van der Waals surface area (Å²) >= 11 is 1.08. The number of anilines is 2. The minimum atomic E-state index is -3.52. The first-order valence-electron chi connectivity index (χ1n) is 9.94. The Morgan fingerprint density at radius 3 is 2.41 bits per heavy atom. The van der Waals surface area contributed by atoms with Crippen LogP contribution in [0.4, 0.5) is 10.7 Å². The third-order valence-electron chi connectivity index (χ3n) is 4.11. The number of nitrogens with zero attached hydrogens (tertiary/aromatic N) is 1. The fourth-order valence-electron chi connectivity index (χ4n) is 2.75. The van der Waals surface area contributed by atoms with Crippen LogP contribution in [0.15, 0.2) is 54.6 Å². The molecule has 0 saturated carbocycles. The summed E-state index contributed by atoms with van der Waals surface area (Å²) in [5.41, 5.74) is 0.939. The molecular formula is C22H21N3O7S2. The van der Waals surface area contributed by atoms with Gasteiger partial charge in [0.15, 0.2) is 12.3 Å². The number of carbonyl (C=O) groups is 3. The molecule has 0 aliphatic rings. The highest BCUT2D eigenvalue weighted by Crippen LogP contribution is 2.32. The van der Waals surface area contributed by atoms with Crippen LogP contribution in [0.2, 0.25) is 0 Å². The van der Waals surface area contributed by atoms with E-state index in [4.69, 9.17) is 9.47 Å². The van der Waals surface area contributed by atoms with Crippen molar-refractivity contribution in [3.63, 3.8) is 0 Å². The first-order chi connectivity index (χ1) is 16.2. The van der Waals surface area contributed by atoms with Crippen molar-refractivity contribution in [2.24, 2.45) is 0 Å². The number of amides is 1. The molecule has 2 aromatic carbocycles. The lowest BCUT2D eigenvalue weighted by Crippen LogP contribution is -2.22. The molecule has 0 fully saturated rings. The smallest absolute Gasteiger partial charge is 0.360 e. The lowest BCUT2D eigenvalue weighted by Gasteiger charge is -2.08. The molecule has 1 amide bonds. The molecule has 2 N–H and O–H groups in total. The van der Waals surface area contributed by atoms with Gasteiger partial charge in [0.1, 0.15) is 10.0 Å². The van der Waals surface area contributed by atoms with E-state index in [2.05, 4.69) is 15.0 Å². The molecule has 0 radical (unpaired) electrons. The van der Waals surface area contributed by atoms with Gasteiger partial charge in [0.2, 0.25) is 10.0 Å². The van der Waals surface area contributed by atoms with E-state index in [1.165, 1.54) is 24.3 Å². The van der Waals surface area contributed by atoms with Crippen molar-refractivity contribution in [3.8, 4) is 10.6 Å². The average molecular weight is 504 g/mol. The molecule has 178 valence electrons. The number of ether oxygens (including phenoxy) is 2. The van der Waals surface area contributed by atoms with Crippen molar-refractivity contribution < 1.29 is 32.3 Å². The maximum absolute atomic E-state index is 12.4. The molecule has 3 rings (SSSR count). The average Bonchev–Trinajstić information content (AvgIpc) is 3.21. The SMILES string of the molecule is CCOC(=O)c1nc(-c2ccccc2)sc1NC(=O)COC(=O)c1cccc(NS(C)(=O)=O)c1. The van der Waals surface area contributed by atoms with Crippen molar-refractivity contribution in [1.82, 2.24) is 4.98 Å². The molecule has 1 heterocycles. The largest absolute Gasteiger partial charge is 0.461 e. The van der Waals surface area contributed by atoms with Gasteiger partial charge in [-0.05, 0) is 25.1 Å². The standard InChI is InChI=1S/C22H21N3O7S2/c1-3-31-22(28)18-20(33-19(24-18)14-8-5-4-6-9-14)23-17(26)13-32-21(27)15-10-7-11-16(12-15)25-34(2,29)30/h4-12,25H,3,13H2,1-2H3,(H,23,26). The number of hydrogen-bond acceptors (Lipinski definition) is 9. The minimum absolute atomic E-state index is 0.0510. The molecule has 0 unspecified atom stereocenters. The highest BCUT2D eigenvalue weighted by atomic mass is 32.2. The van der Waals surface area contributed by atoms with E-state index in [0.29, 0.717) is 5.01 Å². The number of nitrogens with one attached hydrogen (secondary N) is 2. The summed E-state index contributed by atoms with van der Waals surface area (Å²) in [4.78, 5) is 41.3. The first kappa shape index (κ1) is 24.9. The zero-order chi connectivity index (χ0) is 24.7. The highest BCUT2D eigenvalue weighted by Gasteiger charge is 2.22. The van der Waals surface area contributed by atoms with Crippen molar-refractivity contribution in [2.75, 3.05) is 29.5 Å². The molecule has 0 spiro atoms. The van der Waals surface area contributed by atoms with E-state index in [1.807, 2.05) is 30.3 Å². The molecule has 0 aliphatic carbocycles. The van der Waals surface area contributed by atoms with E-state index in [1.54, 1.807) is 6.92 Å². The van der Waals surface area contributed by atoms with Gasteiger partial charge in [-0.2, -0.15) is 0 Å². The Morgan fingerprint density at radius 2 is 1.74 bits per heavy atom. The second kappa shape index (κ2) is 10.9. The fraction of sp³-hybridized carbons (Fsp3) is 0.182. The predicted molar refractivity (Wildman–Crippen MR) is 127 cm³/mol. The number of benzene rings is 2. The van der Waals surface area contributed by atoms with Crippen LogP contribution in [0, 0.1) is 0 Å². The molecule has 3 aromatic rings. The predicted octanol–water partition coefficient (Wildman–Crippen LogP) is 3.15. The molecule has 0 atom stereocenters. The second-order valence-electron chi connectivity index (χ2n) is 6.86. The molecule has 0 bridgehead atoms. The Kier molecular flexibility index (Phi) is 7.97. The monoisotopic (exact) mass is 503 g/mol. The second-order valence-corrected chi connectivity index (χ2v) is 9.61. The maximum atomic E-state index is 12.4. The highest BCUT2D eigenvalue weighted by molar-refractivity contribution is 7.92. The molecule has 1 aromatic heterocycles. The van der Waals surface area contributed by atoms with Crippen LogP contribution in [0.5, 0.6) is 0 Å². The molecular weight excluding hydrogens is 482 g/mol. The number of sulfonamides is 1. The summed E-state index contributed by atoms with van der Waals surface area (Å²) in [7, 11) is -3.52. The third-order valence-corrected chi connectivity index (χ3v) is 5.73. The van der Waals surface area contributed by atoms with E-state index < -0.39 is 34.5 Å². The molecule has 10 nitrogen and oxygen atoms in total. The molecule has 34 heavy (non-hydrogen) atoms. The van der Waals surface area contributed by atoms with E-state index in [9.17, 15) is 22.8 Å². The zero-order valence-electron chi connectivity index (χ0n) is 18.2. The van der Waals surface area contributed by atoms with Crippen molar-refractivity contribution >= 4 is 49.9 Å². The summed E-state index contributed by atoms with van der Waals surface area (Å²) in [5.74, 6) is -2.21. The van der Waals surface area contributed by atoms with Gasteiger partial charge in [-0.25, -0.2) is 23.0 Å². The Labute approximate surface area is 200 Å². The van der Waals surface area contributed by atoms with E-state index >= 15 is 0 Å². The number of esters is 2. The van der Waals surface area contributed by atoms with Crippen molar-refractivity contribution in [2.45, 2.75) is 6.92 Å². The van der Waals surface area contributed by atoms with E-state index in [0.717, 1.165) is 23.2 Å². The van der Waals surface area contributed by atoms with Crippen LogP contribution >= 0.6 is 11.3 Å². The zero-order valence-corrected chi connectivity index (χ0v) is 19.9. The number of aromatic nitrogens is 1. The Hall–Kier alpha value is -3.77. The minimum Gasteiger partial charge on any atom is -0.461 e. The van der Waals surface area contributed by atoms with Crippen LogP contribution in [-0.4, -0.2) is 50.7 Å². The van der Waals surface area contributed by atoms with Gasteiger partial charge in [-0.15, -0.1) is 0 Å². The van der Waals surface area contributed by atoms with Crippen molar-refractivity contribution in [3.05, 3.63) is 65.9 Å². The number of hydrogen-bond donors (Lipinski definition) is 2. The summed E-state index contributed by atoms with van der Waals surface area (Å²) in [5, 5.41) is 3.21.